The molecule has 1 aliphatic carbocycles. The minimum atomic E-state index is -0.0467. The third-order valence-corrected chi connectivity index (χ3v) is 5.48. The second kappa shape index (κ2) is 7.74. The summed E-state index contributed by atoms with van der Waals surface area (Å²) < 4.78 is 6.38. The summed E-state index contributed by atoms with van der Waals surface area (Å²) in [4.78, 5) is 12.1. The molecule has 1 unspecified atom stereocenters. The zero-order valence-corrected chi connectivity index (χ0v) is 14.9. The van der Waals surface area contributed by atoms with Gasteiger partial charge in [-0.05, 0) is 24.5 Å². The van der Waals surface area contributed by atoms with Gasteiger partial charge >= 0.3 is 0 Å². The molecule has 26 heavy (non-hydrogen) atoms. The fraction of sp³-hybridized carbons (Fsp3) is 0.292. The highest BCUT2D eigenvalue weighted by Gasteiger charge is 2.31. The molecule has 1 atom stereocenters. The first-order valence-corrected chi connectivity index (χ1v) is 9.56. The molecular formula is C24H24O2. The molecule has 0 saturated heterocycles. The smallest absolute Gasteiger partial charge is 0.150 e. The number of hydrogen-bond donors (Lipinski definition) is 0. The minimum Gasteiger partial charge on any atom is -0.461 e. The summed E-state index contributed by atoms with van der Waals surface area (Å²) in [6, 6.07) is 20.5. The van der Waals surface area contributed by atoms with E-state index in [2.05, 4.69) is 30.3 Å². The molecule has 0 radical (unpaired) electrons. The van der Waals surface area contributed by atoms with E-state index in [1.165, 1.54) is 19.3 Å². The SMILES string of the molecule is O=CC1=C(C2CCCCC2)OC(c2ccccc2)=CC1c1ccccc1. The fourth-order valence-corrected chi connectivity index (χ4v) is 4.11. The van der Waals surface area contributed by atoms with Crippen molar-refractivity contribution < 1.29 is 9.53 Å². The lowest BCUT2D eigenvalue weighted by molar-refractivity contribution is -0.105. The lowest BCUT2D eigenvalue weighted by Gasteiger charge is -2.32. The maximum atomic E-state index is 12.1. The van der Waals surface area contributed by atoms with Gasteiger partial charge in [0.15, 0.2) is 0 Å². The summed E-state index contributed by atoms with van der Waals surface area (Å²) in [6.07, 6.45) is 9.03. The highest BCUT2D eigenvalue weighted by atomic mass is 16.5. The summed E-state index contributed by atoms with van der Waals surface area (Å²) in [5.41, 5.74) is 2.99. The maximum Gasteiger partial charge on any atom is 0.150 e. The van der Waals surface area contributed by atoms with Gasteiger partial charge in [0.2, 0.25) is 0 Å². The van der Waals surface area contributed by atoms with Gasteiger partial charge in [0.25, 0.3) is 0 Å². The molecular weight excluding hydrogens is 320 g/mol. The monoisotopic (exact) mass is 344 g/mol. The normalized spacial score (nSPS) is 21.1. The first-order chi connectivity index (χ1) is 12.9. The average Bonchev–Trinajstić information content (AvgIpc) is 2.74. The molecule has 2 nitrogen and oxygen atoms in total. The summed E-state index contributed by atoms with van der Waals surface area (Å²) >= 11 is 0. The number of allylic oxidation sites excluding steroid dienone is 3. The molecule has 1 fully saturated rings. The van der Waals surface area contributed by atoms with Crippen molar-refractivity contribution in [2.75, 3.05) is 0 Å². The Hall–Kier alpha value is -2.61. The number of benzene rings is 2. The Morgan fingerprint density at radius 1 is 0.846 bits per heavy atom. The molecule has 2 aliphatic rings. The fourth-order valence-electron chi connectivity index (χ4n) is 4.11. The van der Waals surface area contributed by atoms with Gasteiger partial charge in [0.1, 0.15) is 17.8 Å². The molecule has 2 aromatic rings. The molecule has 2 aromatic carbocycles. The Kier molecular flexibility index (Phi) is 5.01. The van der Waals surface area contributed by atoms with Crippen molar-refractivity contribution in [3.05, 3.63) is 89.2 Å². The Morgan fingerprint density at radius 3 is 2.15 bits per heavy atom. The Bertz CT molecular complexity index is 812. The van der Waals surface area contributed by atoms with E-state index < -0.39 is 0 Å². The topological polar surface area (TPSA) is 26.3 Å². The molecule has 132 valence electrons. The van der Waals surface area contributed by atoms with E-state index in [0.29, 0.717) is 5.92 Å². The molecule has 4 rings (SSSR count). The van der Waals surface area contributed by atoms with Crippen molar-refractivity contribution in [1.29, 1.82) is 0 Å². The minimum absolute atomic E-state index is 0.0467. The van der Waals surface area contributed by atoms with Crippen LogP contribution in [-0.2, 0) is 9.53 Å². The third kappa shape index (κ3) is 3.37. The van der Waals surface area contributed by atoms with Crippen LogP contribution < -0.4 is 0 Å². The van der Waals surface area contributed by atoms with E-state index >= 15 is 0 Å². The number of aldehydes is 1. The van der Waals surface area contributed by atoms with Gasteiger partial charge in [-0.15, -0.1) is 0 Å². The lowest BCUT2D eigenvalue weighted by Crippen LogP contribution is -2.20. The lowest BCUT2D eigenvalue weighted by atomic mass is 9.81. The van der Waals surface area contributed by atoms with Crippen LogP contribution in [-0.4, -0.2) is 6.29 Å². The van der Waals surface area contributed by atoms with Crippen molar-refractivity contribution in [2.45, 2.75) is 38.0 Å². The molecule has 1 saturated carbocycles. The zero-order chi connectivity index (χ0) is 17.8. The number of carbonyl (C=O) groups is 1. The van der Waals surface area contributed by atoms with Crippen LogP contribution in [0.3, 0.4) is 0 Å². The molecule has 2 heteroatoms. The van der Waals surface area contributed by atoms with Crippen LogP contribution in [0.4, 0.5) is 0 Å². The molecule has 1 aliphatic heterocycles. The Morgan fingerprint density at radius 2 is 1.50 bits per heavy atom. The first-order valence-electron chi connectivity index (χ1n) is 9.56. The van der Waals surface area contributed by atoms with E-state index in [1.54, 1.807) is 0 Å². The summed E-state index contributed by atoms with van der Waals surface area (Å²) in [6.45, 7) is 0. The predicted octanol–water partition coefficient (Wildman–Crippen LogP) is 5.87. The van der Waals surface area contributed by atoms with E-state index in [9.17, 15) is 4.79 Å². The molecule has 0 aromatic heterocycles. The molecule has 0 spiro atoms. The second-order valence-electron chi connectivity index (χ2n) is 7.16. The molecule has 1 heterocycles. The number of carbonyl (C=O) groups excluding carboxylic acids is 1. The van der Waals surface area contributed by atoms with Crippen molar-refractivity contribution in [3.8, 4) is 0 Å². The van der Waals surface area contributed by atoms with Crippen LogP contribution in [0, 0.1) is 5.92 Å². The van der Waals surface area contributed by atoms with E-state index in [-0.39, 0.29) is 5.92 Å². The van der Waals surface area contributed by atoms with Gasteiger partial charge in [-0.3, -0.25) is 4.79 Å². The largest absolute Gasteiger partial charge is 0.461 e. The zero-order valence-electron chi connectivity index (χ0n) is 14.9. The van der Waals surface area contributed by atoms with Crippen LogP contribution in [0.25, 0.3) is 5.76 Å². The number of rotatable bonds is 4. The van der Waals surface area contributed by atoms with Crippen LogP contribution in [0.1, 0.15) is 49.1 Å². The van der Waals surface area contributed by atoms with Crippen LogP contribution in [0.5, 0.6) is 0 Å². The summed E-state index contributed by atoms with van der Waals surface area (Å²) in [7, 11) is 0. The van der Waals surface area contributed by atoms with E-state index in [1.807, 2.05) is 36.4 Å². The van der Waals surface area contributed by atoms with Crippen molar-refractivity contribution in [1.82, 2.24) is 0 Å². The first kappa shape index (κ1) is 16.8. The van der Waals surface area contributed by atoms with Gasteiger partial charge in [-0.1, -0.05) is 79.9 Å². The molecule has 0 bridgehead atoms. The van der Waals surface area contributed by atoms with Gasteiger partial charge in [-0.2, -0.15) is 0 Å². The van der Waals surface area contributed by atoms with Crippen molar-refractivity contribution >= 4 is 12.0 Å². The van der Waals surface area contributed by atoms with Crippen molar-refractivity contribution in [3.63, 3.8) is 0 Å². The summed E-state index contributed by atoms with van der Waals surface area (Å²) in [5, 5.41) is 0. The maximum absolute atomic E-state index is 12.1. The number of ether oxygens (including phenoxy) is 1. The summed E-state index contributed by atoms with van der Waals surface area (Å²) in [5.74, 6) is 2.07. The second-order valence-corrected chi connectivity index (χ2v) is 7.16. The van der Waals surface area contributed by atoms with Crippen molar-refractivity contribution in [2.24, 2.45) is 5.92 Å². The van der Waals surface area contributed by atoms with Crippen LogP contribution >= 0.6 is 0 Å². The van der Waals surface area contributed by atoms with Gasteiger partial charge in [0, 0.05) is 23.0 Å². The van der Waals surface area contributed by atoms with E-state index in [0.717, 1.165) is 47.3 Å². The molecule has 0 amide bonds. The van der Waals surface area contributed by atoms with Crippen LogP contribution in [0.15, 0.2) is 78.1 Å². The van der Waals surface area contributed by atoms with E-state index in [4.69, 9.17) is 4.74 Å². The standard InChI is InChI=1S/C24H24O2/c25-17-22-21(18-10-4-1-5-11-18)16-23(19-12-6-2-7-13-19)26-24(22)20-14-8-3-9-15-20/h1-2,4-7,10-13,16-17,20-21H,3,8-9,14-15H2. The number of hydrogen-bond acceptors (Lipinski definition) is 2. The quantitative estimate of drug-likeness (QED) is 0.648. The Labute approximate surface area is 155 Å². The average molecular weight is 344 g/mol. The predicted molar refractivity (Wildman–Crippen MR) is 104 cm³/mol. The molecule has 0 N–H and O–H groups in total. The highest BCUT2D eigenvalue weighted by Crippen LogP contribution is 2.43. The van der Waals surface area contributed by atoms with Gasteiger partial charge < -0.3 is 4.74 Å². The van der Waals surface area contributed by atoms with Gasteiger partial charge in [-0.25, -0.2) is 0 Å². The third-order valence-electron chi connectivity index (χ3n) is 5.48. The highest BCUT2D eigenvalue weighted by molar-refractivity contribution is 5.81. The Balaban J connectivity index is 1.80. The van der Waals surface area contributed by atoms with Crippen LogP contribution in [0.2, 0.25) is 0 Å². The van der Waals surface area contributed by atoms with Gasteiger partial charge in [0.05, 0.1) is 0 Å².